The monoisotopic (exact) mass is 707 g/mol. The molecule has 0 fully saturated rings. The maximum Gasteiger partial charge on any atom is 0.164 e. The third-order valence-corrected chi connectivity index (χ3v) is 11.5. The van der Waals surface area contributed by atoms with Gasteiger partial charge in [0.2, 0.25) is 0 Å². The lowest BCUT2D eigenvalue weighted by Gasteiger charge is -2.10. The van der Waals surface area contributed by atoms with Crippen molar-refractivity contribution in [3.05, 3.63) is 176 Å². The summed E-state index contributed by atoms with van der Waals surface area (Å²) in [6.07, 6.45) is 0. The summed E-state index contributed by atoms with van der Waals surface area (Å²) >= 11 is 1.79. The Hall–Kier alpha value is -6.95. The Balaban J connectivity index is 1.03. The molecule has 0 spiro atoms. The molecule has 0 amide bonds. The molecule has 0 saturated heterocycles. The molecule has 11 aromatic rings. The summed E-state index contributed by atoms with van der Waals surface area (Å²) in [6.45, 7) is 0. The van der Waals surface area contributed by atoms with E-state index in [1.54, 1.807) is 11.3 Å². The van der Waals surface area contributed by atoms with E-state index in [9.17, 15) is 0 Å². The number of hydrogen-bond acceptors (Lipinski definition) is 5. The minimum Gasteiger partial charge on any atom is -0.456 e. The van der Waals surface area contributed by atoms with Gasteiger partial charge < -0.3 is 4.42 Å². The first-order valence-corrected chi connectivity index (χ1v) is 18.8. The summed E-state index contributed by atoms with van der Waals surface area (Å²) in [5, 5.41) is 7.07. The number of nitrogens with zero attached hydrogens (tertiary/aromatic N) is 3. The van der Waals surface area contributed by atoms with Crippen molar-refractivity contribution in [2.45, 2.75) is 0 Å². The summed E-state index contributed by atoms with van der Waals surface area (Å²) in [5.41, 5.74) is 9.28. The fraction of sp³-hybridized carbons (Fsp3) is 0. The van der Waals surface area contributed by atoms with Gasteiger partial charge >= 0.3 is 0 Å². The quantitative estimate of drug-likeness (QED) is 0.179. The topological polar surface area (TPSA) is 51.8 Å². The van der Waals surface area contributed by atoms with Crippen LogP contribution in [0.4, 0.5) is 0 Å². The van der Waals surface area contributed by atoms with Gasteiger partial charge in [0.1, 0.15) is 11.2 Å². The molecule has 0 aliphatic rings. The summed E-state index contributed by atoms with van der Waals surface area (Å²) in [4.78, 5) is 15.2. The fourth-order valence-electron chi connectivity index (χ4n) is 7.70. The first-order valence-electron chi connectivity index (χ1n) is 18.0. The normalized spacial score (nSPS) is 11.7. The number of benzene rings is 8. The van der Waals surface area contributed by atoms with Crippen molar-refractivity contribution in [1.29, 1.82) is 0 Å². The molecular weight excluding hydrogens is 679 g/mol. The molecule has 5 heteroatoms. The molecule has 0 N–H and O–H groups in total. The molecule has 0 aliphatic carbocycles. The predicted molar refractivity (Wildman–Crippen MR) is 225 cm³/mol. The molecule has 0 bridgehead atoms. The van der Waals surface area contributed by atoms with Gasteiger partial charge in [-0.15, -0.1) is 11.3 Å². The van der Waals surface area contributed by atoms with Gasteiger partial charge in [0.25, 0.3) is 0 Å². The highest BCUT2D eigenvalue weighted by Gasteiger charge is 2.18. The minimum absolute atomic E-state index is 0.645. The molecule has 0 aliphatic heterocycles. The Morgan fingerprint density at radius 3 is 1.76 bits per heavy atom. The number of thiophene rings is 1. The van der Waals surface area contributed by atoms with E-state index in [1.807, 2.05) is 36.4 Å². The van der Waals surface area contributed by atoms with Crippen LogP contribution in [0, 0.1) is 0 Å². The van der Waals surface area contributed by atoms with E-state index >= 15 is 0 Å². The summed E-state index contributed by atoms with van der Waals surface area (Å²) in [7, 11) is 0. The second-order valence-corrected chi connectivity index (χ2v) is 14.7. The molecule has 54 heavy (non-hydrogen) atoms. The van der Waals surface area contributed by atoms with E-state index in [1.165, 1.54) is 36.5 Å². The summed E-state index contributed by atoms with van der Waals surface area (Å²) < 4.78 is 8.81. The van der Waals surface area contributed by atoms with Crippen molar-refractivity contribution < 1.29 is 4.42 Å². The van der Waals surface area contributed by atoms with Crippen LogP contribution in [0.3, 0.4) is 0 Å². The number of aromatic nitrogens is 3. The van der Waals surface area contributed by atoms with Crippen LogP contribution in [0.5, 0.6) is 0 Å². The molecule has 3 aromatic heterocycles. The van der Waals surface area contributed by atoms with Crippen molar-refractivity contribution in [3.8, 4) is 56.4 Å². The highest BCUT2D eigenvalue weighted by atomic mass is 32.1. The lowest BCUT2D eigenvalue weighted by Crippen LogP contribution is -2.00. The minimum atomic E-state index is 0.645. The van der Waals surface area contributed by atoms with Gasteiger partial charge in [-0.3, -0.25) is 0 Å². The molecule has 0 unspecified atom stereocenters. The molecule has 252 valence electrons. The Labute approximate surface area is 314 Å². The van der Waals surface area contributed by atoms with Crippen LogP contribution in [0.1, 0.15) is 0 Å². The van der Waals surface area contributed by atoms with Gasteiger partial charge in [-0.25, -0.2) is 15.0 Å². The Morgan fingerprint density at radius 2 is 0.963 bits per heavy atom. The SMILES string of the molecule is c1ccc(-c2ccc(-c3nc(-c4ccccc4)nc(-c4cccc5sc6cc(-c7ccc8c(c7)oc7ccc9ccccc9c78)ccc6c45)n3)cc2)cc1. The van der Waals surface area contributed by atoms with E-state index in [-0.39, 0.29) is 0 Å². The van der Waals surface area contributed by atoms with Gasteiger partial charge in [-0.1, -0.05) is 146 Å². The highest BCUT2D eigenvalue weighted by Crippen LogP contribution is 2.42. The maximum absolute atomic E-state index is 6.42. The van der Waals surface area contributed by atoms with E-state index in [0.29, 0.717) is 17.5 Å². The Bertz CT molecular complexity index is 3200. The molecule has 4 nitrogen and oxygen atoms in total. The average Bonchev–Trinajstić information content (AvgIpc) is 3.82. The molecule has 3 heterocycles. The second-order valence-electron chi connectivity index (χ2n) is 13.6. The van der Waals surface area contributed by atoms with Gasteiger partial charge in [0, 0.05) is 47.6 Å². The standard InChI is InChI=1S/C49H29N3OS/c1-3-10-30(11-4-1)31-18-20-34(21-19-31)48-50-47(33-13-5-2-6-14-33)51-49(52-48)40-16-9-17-43-46(40)39-26-23-36(29-44(39)54-43)35-22-25-38-42(28-35)53-41-27-24-32-12-7-8-15-37(32)45(38)41/h1-29H. The predicted octanol–water partition coefficient (Wildman–Crippen LogP) is 13.6. The largest absolute Gasteiger partial charge is 0.456 e. The molecule has 11 rings (SSSR count). The lowest BCUT2D eigenvalue weighted by atomic mass is 9.99. The zero-order chi connectivity index (χ0) is 35.6. The zero-order valence-electron chi connectivity index (χ0n) is 28.9. The van der Waals surface area contributed by atoms with Gasteiger partial charge in [0.05, 0.1) is 0 Å². The Morgan fingerprint density at radius 1 is 0.352 bits per heavy atom. The van der Waals surface area contributed by atoms with E-state index in [0.717, 1.165) is 55.3 Å². The zero-order valence-corrected chi connectivity index (χ0v) is 29.7. The molecule has 0 saturated carbocycles. The number of furan rings is 1. The molecule has 0 radical (unpaired) electrons. The first-order chi connectivity index (χ1) is 26.7. The van der Waals surface area contributed by atoms with E-state index < -0.39 is 0 Å². The van der Waals surface area contributed by atoms with Crippen molar-refractivity contribution in [1.82, 2.24) is 15.0 Å². The second kappa shape index (κ2) is 12.3. The maximum atomic E-state index is 6.42. The number of hydrogen-bond donors (Lipinski definition) is 0. The van der Waals surface area contributed by atoms with Crippen LogP contribution in [0.15, 0.2) is 180 Å². The third kappa shape index (κ3) is 5.09. The van der Waals surface area contributed by atoms with E-state index in [2.05, 4.69) is 140 Å². The average molecular weight is 708 g/mol. The van der Waals surface area contributed by atoms with Crippen molar-refractivity contribution >= 4 is 64.2 Å². The number of fused-ring (bicyclic) bond motifs is 8. The van der Waals surface area contributed by atoms with Crippen molar-refractivity contribution in [2.24, 2.45) is 0 Å². The van der Waals surface area contributed by atoms with E-state index in [4.69, 9.17) is 19.4 Å². The van der Waals surface area contributed by atoms with Crippen LogP contribution in [-0.4, -0.2) is 15.0 Å². The van der Waals surface area contributed by atoms with Crippen molar-refractivity contribution in [3.63, 3.8) is 0 Å². The van der Waals surface area contributed by atoms with Crippen LogP contribution in [-0.2, 0) is 0 Å². The Kier molecular flexibility index (Phi) is 7.00. The third-order valence-electron chi connectivity index (χ3n) is 10.4. The lowest BCUT2D eigenvalue weighted by molar-refractivity contribution is 0.669. The molecular formula is C49H29N3OS. The van der Waals surface area contributed by atoms with Crippen molar-refractivity contribution in [2.75, 3.05) is 0 Å². The van der Waals surface area contributed by atoms with Crippen LogP contribution in [0.2, 0.25) is 0 Å². The molecule has 0 atom stereocenters. The van der Waals surface area contributed by atoms with Gasteiger partial charge in [-0.2, -0.15) is 0 Å². The van der Waals surface area contributed by atoms with Crippen LogP contribution >= 0.6 is 11.3 Å². The first kappa shape index (κ1) is 30.7. The smallest absolute Gasteiger partial charge is 0.164 e. The van der Waals surface area contributed by atoms with Gasteiger partial charge in [-0.05, 0) is 63.4 Å². The van der Waals surface area contributed by atoms with Crippen LogP contribution < -0.4 is 0 Å². The molecule has 8 aromatic carbocycles. The van der Waals surface area contributed by atoms with Gasteiger partial charge in [0.15, 0.2) is 17.5 Å². The number of rotatable bonds is 5. The summed E-state index contributed by atoms with van der Waals surface area (Å²) in [5.74, 6) is 1.95. The van der Waals surface area contributed by atoms with Crippen LogP contribution in [0.25, 0.3) is 109 Å². The highest BCUT2D eigenvalue weighted by molar-refractivity contribution is 7.26. The fourth-order valence-corrected chi connectivity index (χ4v) is 8.87. The summed E-state index contributed by atoms with van der Waals surface area (Å²) in [6, 6.07) is 61.5.